The highest BCUT2D eigenvalue weighted by Crippen LogP contribution is 2.47. The predicted octanol–water partition coefficient (Wildman–Crippen LogP) is 2.49. The zero-order valence-electron chi connectivity index (χ0n) is 34.0. The van der Waals surface area contributed by atoms with Gasteiger partial charge in [-0.3, -0.25) is 19.2 Å². The Kier molecular flexibility index (Phi) is 20.8. The summed E-state index contributed by atoms with van der Waals surface area (Å²) < 4.78 is 0. The molecule has 4 N–H and O–H groups in total. The van der Waals surface area contributed by atoms with Gasteiger partial charge in [-0.05, 0) is 128 Å². The van der Waals surface area contributed by atoms with Crippen LogP contribution in [0.3, 0.4) is 0 Å². The highest BCUT2D eigenvalue weighted by Gasteiger charge is 2.50. The van der Waals surface area contributed by atoms with Crippen molar-refractivity contribution in [2.45, 2.75) is 86.5 Å². The van der Waals surface area contributed by atoms with Gasteiger partial charge in [-0.25, -0.2) is 0 Å². The SMILES string of the molecule is CN(C)CCCNC(=O)C(C)(C)CC(C)(CC(C)(CC(C)(C)C(=O)NCCCN(C)C)C(=O)NCCCN(C)C)C(=O)NCCCN(C)C. The van der Waals surface area contributed by atoms with Crippen molar-refractivity contribution >= 4 is 23.6 Å². The molecule has 0 aromatic carbocycles. The second-order valence-electron chi connectivity index (χ2n) is 17.1. The van der Waals surface area contributed by atoms with Crippen molar-refractivity contribution in [3.63, 3.8) is 0 Å². The van der Waals surface area contributed by atoms with E-state index < -0.39 is 21.7 Å². The Labute approximate surface area is 300 Å². The third-order valence-electron chi connectivity index (χ3n) is 9.04. The molecule has 0 radical (unpaired) electrons. The summed E-state index contributed by atoms with van der Waals surface area (Å²) in [5.74, 6) is -0.607. The zero-order valence-corrected chi connectivity index (χ0v) is 34.0. The number of amides is 4. The molecule has 12 heteroatoms. The van der Waals surface area contributed by atoms with E-state index in [-0.39, 0.29) is 42.9 Å². The van der Waals surface area contributed by atoms with Gasteiger partial charge in [0, 0.05) is 47.8 Å². The monoisotopic (exact) mass is 697 g/mol. The van der Waals surface area contributed by atoms with Crippen LogP contribution in [0, 0.1) is 21.7 Å². The molecule has 0 fully saturated rings. The summed E-state index contributed by atoms with van der Waals surface area (Å²) in [5.41, 5.74) is -3.96. The molecule has 0 aliphatic heterocycles. The van der Waals surface area contributed by atoms with Crippen molar-refractivity contribution in [1.29, 1.82) is 0 Å². The van der Waals surface area contributed by atoms with Crippen LogP contribution in [0.15, 0.2) is 0 Å². The normalized spacial score (nSPS) is 14.9. The topological polar surface area (TPSA) is 129 Å². The van der Waals surface area contributed by atoms with Crippen LogP contribution in [-0.4, -0.2) is 152 Å². The number of hydrogen-bond donors (Lipinski definition) is 4. The molecule has 0 aliphatic rings. The summed E-state index contributed by atoms with van der Waals surface area (Å²) >= 11 is 0. The standard InChI is InChI=1S/C37H76N8O4/c1-34(2,30(46)38-19-15-23-42(7)8)27-36(5,32(48)40-21-17-25-44(11)12)29-37(6,33(49)41-22-18-26-45(13)14)28-35(3,4)31(47)39-20-16-24-43(9)10/h15-29H2,1-14H3,(H,38,46)(H,39,47)(H,40,48)(H,41,49). The number of carbonyl (C=O) groups excluding carboxylic acids is 4. The van der Waals surface area contributed by atoms with E-state index in [1.807, 2.05) is 97.9 Å². The summed E-state index contributed by atoms with van der Waals surface area (Å²) in [6.45, 7) is 16.6. The molecule has 0 saturated heterocycles. The van der Waals surface area contributed by atoms with Crippen LogP contribution in [0.5, 0.6) is 0 Å². The molecule has 0 spiro atoms. The van der Waals surface area contributed by atoms with Crippen molar-refractivity contribution in [3.8, 4) is 0 Å². The van der Waals surface area contributed by atoms with Crippen molar-refractivity contribution < 1.29 is 19.2 Å². The smallest absolute Gasteiger partial charge is 0.226 e. The van der Waals surface area contributed by atoms with Gasteiger partial charge in [0.05, 0.1) is 0 Å². The maximum atomic E-state index is 14.2. The quantitative estimate of drug-likeness (QED) is 0.102. The third-order valence-corrected chi connectivity index (χ3v) is 9.04. The van der Waals surface area contributed by atoms with Crippen LogP contribution in [0.2, 0.25) is 0 Å². The molecule has 4 amide bonds. The van der Waals surface area contributed by atoms with E-state index in [9.17, 15) is 19.2 Å². The lowest BCUT2D eigenvalue weighted by Gasteiger charge is -2.43. The summed E-state index contributed by atoms with van der Waals surface area (Å²) in [5, 5.41) is 12.4. The van der Waals surface area contributed by atoms with Crippen molar-refractivity contribution in [3.05, 3.63) is 0 Å². The number of hydrogen-bond acceptors (Lipinski definition) is 8. The van der Waals surface area contributed by atoms with Crippen LogP contribution >= 0.6 is 0 Å². The Morgan fingerprint density at radius 1 is 0.388 bits per heavy atom. The first-order valence-corrected chi connectivity index (χ1v) is 18.2. The minimum atomic E-state index is -1.09. The highest BCUT2D eigenvalue weighted by atomic mass is 16.2. The molecule has 0 heterocycles. The Hall–Kier alpha value is -2.28. The molecule has 12 nitrogen and oxygen atoms in total. The molecule has 0 aromatic heterocycles. The van der Waals surface area contributed by atoms with Gasteiger partial charge in [0.25, 0.3) is 0 Å². The number of nitrogens with zero attached hydrogens (tertiary/aromatic N) is 4. The lowest BCUT2D eigenvalue weighted by Crippen LogP contribution is -2.53. The van der Waals surface area contributed by atoms with Gasteiger partial charge in [0.1, 0.15) is 0 Å². The van der Waals surface area contributed by atoms with Gasteiger partial charge >= 0.3 is 0 Å². The second kappa shape index (κ2) is 21.8. The van der Waals surface area contributed by atoms with Gasteiger partial charge < -0.3 is 40.9 Å². The van der Waals surface area contributed by atoms with E-state index in [4.69, 9.17) is 0 Å². The maximum absolute atomic E-state index is 14.2. The first kappa shape index (κ1) is 46.7. The van der Waals surface area contributed by atoms with Gasteiger partial charge in [-0.2, -0.15) is 0 Å². The van der Waals surface area contributed by atoms with Gasteiger partial charge in [-0.1, -0.05) is 41.5 Å². The molecule has 0 aromatic rings. The average molecular weight is 697 g/mol. The van der Waals surface area contributed by atoms with Gasteiger partial charge in [0.15, 0.2) is 0 Å². The first-order chi connectivity index (χ1) is 22.5. The van der Waals surface area contributed by atoms with Crippen molar-refractivity contribution in [2.75, 3.05) is 109 Å². The highest BCUT2D eigenvalue weighted by molar-refractivity contribution is 5.89. The number of nitrogens with one attached hydrogen (secondary N) is 4. The first-order valence-electron chi connectivity index (χ1n) is 18.2. The van der Waals surface area contributed by atoms with Gasteiger partial charge in [-0.15, -0.1) is 0 Å². The molecule has 0 aliphatic carbocycles. The molecule has 0 rings (SSSR count). The summed E-state index contributed by atoms with van der Waals surface area (Å²) in [7, 11) is 16.0. The van der Waals surface area contributed by atoms with E-state index in [0.29, 0.717) is 26.2 Å². The van der Waals surface area contributed by atoms with E-state index in [0.717, 1.165) is 51.9 Å². The molecule has 49 heavy (non-hydrogen) atoms. The number of rotatable bonds is 26. The molecule has 2 atom stereocenters. The third kappa shape index (κ3) is 19.1. The lowest BCUT2D eigenvalue weighted by atomic mass is 9.61. The minimum Gasteiger partial charge on any atom is -0.356 e. The molecule has 0 bridgehead atoms. The van der Waals surface area contributed by atoms with Crippen LogP contribution in [0.1, 0.15) is 86.5 Å². The van der Waals surface area contributed by atoms with Crippen LogP contribution in [0.25, 0.3) is 0 Å². The van der Waals surface area contributed by atoms with Crippen molar-refractivity contribution in [1.82, 2.24) is 40.9 Å². The van der Waals surface area contributed by atoms with E-state index in [2.05, 4.69) is 40.9 Å². The summed E-state index contributed by atoms with van der Waals surface area (Å²) in [6, 6.07) is 0. The molecule has 0 saturated carbocycles. The fourth-order valence-electron chi connectivity index (χ4n) is 6.71. The number of carbonyl (C=O) groups is 4. The lowest BCUT2D eigenvalue weighted by molar-refractivity contribution is -0.144. The van der Waals surface area contributed by atoms with E-state index in [1.165, 1.54) is 0 Å². The minimum absolute atomic E-state index is 0.120. The maximum Gasteiger partial charge on any atom is 0.226 e. The van der Waals surface area contributed by atoms with E-state index >= 15 is 0 Å². The molecule has 2 unspecified atom stereocenters. The molecule has 288 valence electrons. The van der Waals surface area contributed by atoms with Crippen LogP contribution in [0.4, 0.5) is 0 Å². The second-order valence-corrected chi connectivity index (χ2v) is 17.1. The predicted molar refractivity (Wildman–Crippen MR) is 202 cm³/mol. The average Bonchev–Trinajstić information content (AvgIpc) is 2.96. The fraction of sp³-hybridized carbons (Fsp3) is 0.892. The Bertz CT molecular complexity index is 936. The molecular formula is C37H76N8O4. The molecular weight excluding hydrogens is 620 g/mol. The summed E-state index contributed by atoms with van der Waals surface area (Å²) in [4.78, 5) is 63.9. The Morgan fingerprint density at radius 2 is 0.612 bits per heavy atom. The summed E-state index contributed by atoms with van der Waals surface area (Å²) in [6.07, 6.45) is 3.82. The van der Waals surface area contributed by atoms with Crippen LogP contribution < -0.4 is 21.3 Å². The largest absolute Gasteiger partial charge is 0.356 e. The van der Waals surface area contributed by atoms with Crippen molar-refractivity contribution in [2.24, 2.45) is 21.7 Å². The van der Waals surface area contributed by atoms with Crippen LogP contribution in [-0.2, 0) is 19.2 Å². The Morgan fingerprint density at radius 3 is 0.837 bits per heavy atom. The van der Waals surface area contributed by atoms with E-state index in [1.54, 1.807) is 0 Å². The zero-order chi connectivity index (χ0) is 38.1. The fourth-order valence-corrected chi connectivity index (χ4v) is 6.71. The van der Waals surface area contributed by atoms with Gasteiger partial charge in [0.2, 0.25) is 23.6 Å². The Balaban J connectivity index is 6.50.